The molecular weight excluding hydrogens is 674 g/mol. The van der Waals surface area contributed by atoms with Crippen molar-refractivity contribution in [3.63, 3.8) is 0 Å². The third kappa shape index (κ3) is 6.60. The van der Waals surface area contributed by atoms with Crippen LogP contribution in [0.5, 0.6) is 11.5 Å². The van der Waals surface area contributed by atoms with Crippen molar-refractivity contribution in [2.45, 2.75) is 59.5 Å². The molecule has 36 heavy (non-hydrogen) atoms. The summed E-state index contributed by atoms with van der Waals surface area (Å²) in [5.74, 6) is 1.88. The van der Waals surface area contributed by atoms with E-state index in [1.807, 2.05) is 0 Å². The number of pyridine rings is 2. The Hall–Kier alpha value is -1.68. The van der Waals surface area contributed by atoms with E-state index in [0.29, 0.717) is 8.10 Å². The van der Waals surface area contributed by atoms with Crippen LogP contribution in [-0.4, -0.2) is 14.2 Å². The molecule has 0 saturated carbocycles. The van der Waals surface area contributed by atoms with Crippen molar-refractivity contribution in [1.82, 2.24) is 0 Å². The van der Waals surface area contributed by atoms with Crippen molar-refractivity contribution in [3.05, 3.63) is 73.1 Å². The van der Waals surface area contributed by atoms with Crippen LogP contribution in [0.15, 0.2) is 73.1 Å². The number of para-hydroxylation sites is 2. The van der Waals surface area contributed by atoms with Gasteiger partial charge < -0.3 is 9.47 Å². The number of fused-ring (bicyclic) bond motifs is 2. The number of benzene rings is 2. The van der Waals surface area contributed by atoms with Gasteiger partial charge in [-0.25, -0.2) is 0 Å². The van der Waals surface area contributed by atoms with Gasteiger partial charge in [-0.1, -0.05) is 49.9 Å². The summed E-state index contributed by atoms with van der Waals surface area (Å²) in [5, 5.41) is 2.36. The molecule has 4 aromatic rings. The maximum absolute atomic E-state index is 5.55. The number of unbranched alkanes of at least 4 members (excludes halogenated alkanes) is 5. The summed E-state index contributed by atoms with van der Waals surface area (Å²) in [6.07, 6.45) is 14.5. The summed E-state index contributed by atoms with van der Waals surface area (Å²) < 4.78 is 16.8. The van der Waals surface area contributed by atoms with E-state index >= 15 is 0 Å². The van der Waals surface area contributed by atoms with Crippen molar-refractivity contribution in [1.29, 1.82) is 0 Å². The first-order valence-corrected chi connectivity index (χ1v) is 15.3. The Bertz CT molecular complexity index is 1180. The minimum absolute atomic E-state index is 0.453. The van der Waals surface area contributed by atoms with Crippen LogP contribution in [-0.2, 0) is 0 Å². The van der Waals surface area contributed by atoms with Gasteiger partial charge in [-0.05, 0) is 70.2 Å². The van der Waals surface area contributed by atoms with Gasteiger partial charge >= 0.3 is 0 Å². The molecule has 0 N–H and O–H groups in total. The molecule has 0 aliphatic rings. The summed E-state index contributed by atoms with van der Waals surface area (Å²) in [6, 6.07) is 21.2. The zero-order valence-electron chi connectivity index (χ0n) is 21.2. The SMILES string of the molecule is COc1cc[n+](C(I)CCCCCCCCC(I)[n+]2ccc(OC)c3ccccc32)c2ccccc12. The minimum Gasteiger partial charge on any atom is -0.496 e. The number of rotatable bonds is 13. The largest absolute Gasteiger partial charge is 0.496 e. The number of hydrogen-bond acceptors (Lipinski definition) is 2. The van der Waals surface area contributed by atoms with Crippen LogP contribution < -0.4 is 18.6 Å². The van der Waals surface area contributed by atoms with E-state index < -0.39 is 0 Å². The molecule has 0 bridgehead atoms. The molecule has 190 valence electrons. The quantitative estimate of drug-likeness (QED) is 0.0605. The van der Waals surface area contributed by atoms with Gasteiger partial charge in [0.15, 0.2) is 12.4 Å². The Balaban J connectivity index is 1.18. The normalized spacial score (nSPS) is 13.1. The molecule has 4 nitrogen and oxygen atoms in total. The molecule has 0 saturated heterocycles. The molecule has 0 aliphatic carbocycles. The van der Waals surface area contributed by atoms with Gasteiger partial charge in [0.25, 0.3) is 0 Å². The van der Waals surface area contributed by atoms with Gasteiger partial charge in [0, 0.05) is 37.1 Å². The molecule has 2 atom stereocenters. The molecular formula is C30H36I2N2O2+2. The van der Waals surface area contributed by atoms with Crippen LogP contribution in [0.25, 0.3) is 21.8 Å². The first-order valence-electron chi connectivity index (χ1n) is 12.9. The second-order valence-electron chi connectivity index (χ2n) is 9.18. The highest BCUT2D eigenvalue weighted by Gasteiger charge is 2.21. The summed E-state index contributed by atoms with van der Waals surface area (Å²) in [6.45, 7) is 0. The maximum atomic E-state index is 5.55. The van der Waals surface area contributed by atoms with Crippen molar-refractivity contribution in [2.75, 3.05) is 14.2 Å². The molecule has 2 unspecified atom stereocenters. The van der Waals surface area contributed by atoms with Crippen molar-refractivity contribution >= 4 is 67.0 Å². The Labute approximate surface area is 242 Å². The molecule has 0 fully saturated rings. The van der Waals surface area contributed by atoms with Crippen molar-refractivity contribution in [2.24, 2.45) is 0 Å². The zero-order chi connectivity index (χ0) is 25.3. The number of methoxy groups -OCH3 is 2. The fourth-order valence-corrected chi connectivity index (χ4v) is 6.76. The topological polar surface area (TPSA) is 26.2 Å². The number of ether oxygens (including phenoxy) is 2. The van der Waals surface area contributed by atoms with Gasteiger partial charge in [-0.3, -0.25) is 0 Å². The fraction of sp³-hybridized carbons (Fsp3) is 0.400. The lowest BCUT2D eigenvalue weighted by atomic mass is 10.1. The van der Waals surface area contributed by atoms with Crippen LogP contribution in [0.3, 0.4) is 0 Å². The van der Waals surface area contributed by atoms with E-state index in [0.717, 1.165) is 11.5 Å². The molecule has 0 amide bonds. The molecule has 2 heterocycles. The third-order valence-electron chi connectivity index (χ3n) is 6.85. The molecule has 6 heteroatoms. The number of alkyl halides is 2. The molecule has 0 aliphatic heterocycles. The number of halogens is 2. The van der Waals surface area contributed by atoms with Crippen LogP contribution in [0.4, 0.5) is 0 Å². The smallest absolute Gasteiger partial charge is 0.217 e. The van der Waals surface area contributed by atoms with Crippen LogP contribution in [0.2, 0.25) is 0 Å². The standard InChI is InChI=1S/C30H36I2N2O2/c1-35-27-19-21-33(25-15-11-9-13-23(25)27)29(31)17-7-5-3-4-6-8-18-30(32)34-22-20-28(36-2)24-14-10-12-16-26(24)34/h9-16,19-22,29-30H,3-8,17-18H2,1-2H3/q+2. The Morgan fingerprint density at radius 1 is 0.583 bits per heavy atom. The monoisotopic (exact) mass is 710 g/mol. The predicted molar refractivity (Wildman–Crippen MR) is 164 cm³/mol. The van der Waals surface area contributed by atoms with Gasteiger partial charge in [-0.2, -0.15) is 9.13 Å². The fourth-order valence-electron chi connectivity index (χ4n) is 4.91. The highest BCUT2D eigenvalue weighted by Crippen LogP contribution is 2.28. The van der Waals surface area contributed by atoms with Crippen LogP contribution in [0, 0.1) is 0 Å². The van der Waals surface area contributed by atoms with Crippen LogP contribution in [0.1, 0.15) is 59.5 Å². The lowest BCUT2D eigenvalue weighted by molar-refractivity contribution is -0.669. The summed E-state index contributed by atoms with van der Waals surface area (Å²) in [5.41, 5.74) is 2.49. The summed E-state index contributed by atoms with van der Waals surface area (Å²) >= 11 is 5.18. The van der Waals surface area contributed by atoms with E-state index in [4.69, 9.17) is 9.47 Å². The molecule has 0 radical (unpaired) electrons. The van der Waals surface area contributed by atoms with E-state index in [2.05, 4.69) is 127 Å². The lowest BCUT2D eigenvalue weighted by Crippen LogP contribution is -2.36. The second kappa shape index (κ2) is 13.7. The number of nitrogens with zero attached hydrogens (tertiary/aromatic N) is 2. The average molecular weight is 710 g/mol. The lowest BCUT2D eigenvalue weighted by Gasteiger charge is -2.11. The van der Waals surface area contributed by atoms with Gasteiger partial charge in [0.2, 0.25) is 19.1 Å². The third-order valence-corrected chi connectivity index (χ3v) is 9.29. The zero-order valence-corrected chi connectivity index (χ0v) is 25.5. The molecule has 4 rings (SSSR count). The summed E-state index contributed by atoms with van der Waals surface area (Å²) in [7, 11) is 3.49. The Kier molecular flexibility index (Phi) is 10.4. The highest BCUT2D eigenvalue weighted by molar-refractivity contribution is 14.1. The summed E-state index contributed by atoms with van der Waals surface area (Å²) in [4.78, 5) is 0. The average Bonchev–Trinajstić information content (AvgIpc) is 2.92. The predicted octanol–water partition coefficient (Wildman–Crippen LogP) is 8.27. The first kappa shape index (κ1) is 27.4. The number of aromatic nitrogens is 2. The molecule has 2 aromatic heterocycles. The molecule has 0 spiro atoms. The maximum Gasteiger partial charge on any atom is 0.217 e. The van der Waals surface area contributed by atoms with Crippen molar-refractivity contribution in [3.8, 4) is 11.5 Å². The van der Waals surface area contributed by atoms with E-state index in [9.17, 15) is 0 Å². The minimum atomic E-state index is 0.453. The number of hydrogen-bond donors (Lipinski definition) is 0. The highest BCUT2D eigenvalue weighted by atomic mass is 127. The van der Waals surface area contributed by atoms with E-state index in [1.165, 1.54) is 73.2 Å². The van der Waals surface area contributed by atoms with Crippen LogP contribution >= 0.6 is 45.2 Å². The Morgan fingerprint density at radius 2 is 0.972 bits per heavy atom. The van der Waals surface area contributed by atoms with Gasteiger partial charge in [-0.15, -0.1) is 0 Å². The van der Waals surface area contributed by atoms with Gasteiger partial charge in [0.1, 0.15) is 11.5 Å². The van der Waals surface area contributed by atoms with E-state index in [-0.39, 0.29) is 0 Å². The van der Waals surface area contributed by atoms with E-state index in [1.54, 1.807) is 14.2 Å². The van der Waals surface area contributed by atoms with Gasteiger partial charge in [0.05, 0.1) is 25.0 Å². The van der Waals surface area contributed by atoms with Crippen molar-refractivity contribution < 1.29 is 18.6 Å². The molecule has 2 aromatic carbocycles. The first-order chi connectivity index (χ1) is 17.6. The second-order valence-corrected chi connectivity index (χ2v) is 12.1. The Morgan fingerprint density at radius 3 is 1.39 bits per heavy atom.